The molecule has 0 aromatic heterocycles. The number of alkyl carbamates (subject to hydrolysis) is 1. The zero-order valence-electron chi connectivity index (χ0n) is 22.4. The van der Waals surface area contributed by atoms with E-state index in [0.717, 1.165) is 22.4 Å². The molecule has 0 spiro atoms. The van der Waals surface area contributed by atoms with Crippen LogP contribution in [-0.4, -0.2) is 41.5 Å². The molecule has 0 aliphatic rings. The summed E-state index contributed by atoms with van der Waals surface area (Å²) in [4.78, 5) is 41.3. The maximum Gasteiger partial charge on any atom is 0.408 e. The molecule has 0 saturated carbocycles. The van der Waals surface area contributed by atoms with Gasteiger partial charge in [-0.15, -0.1) is 0 Å². The summed E-state index contributed by atoms with van der Waals surface area (Å²) in [6.07, 6.45) is -0.676. The number of benzene rings is 2. The van der Waals surface area contributed by atoms with Crippen molar-refractivity contribution < 1.29 is 19.1 Å². The van der Waals surface area contributed by atoms with Crippen molar-refractivity contribution in [3.63, 3.8) is 0 Å². The van der Waals surface area contributed by atoms with Crippen molar-refractivity contribution >= 4 is 23.6 Å². The number of nitrogens with zero attached hydrogens (tertiary/aromatic N) is 1. The number of amides is 3. The number of hydrogen-bond donors (Lipinski definition) is 2. The summed E-state index contributed by atoms with van der Waals surface area (Å²) in [7, 11) is 1.59. The Bertz CT molecular complexity index is 1050. The van der Waals surface area contributed by atoms with E-state index >= 15 is 0 Å². The zero-order chi connectivity index (χ0) is 26.5. The summed E-state index contributed by atoms with van der Waals surface area (Å²) >= 11 is 0. The summed E-state index contributed by atoms with van der Waals surface area (Å²) in [5.74, 6) is -0.931. The fraction of sp³-hybridized carbons (Fsp3) is 0.464. The average Bonchev–Trinajstić information content (AvgIpc) is 2.74. The molecule has 2 rings (SSSR count). The number of carbonyl (C=O) groups is 3. The Labute approximate surface area is 209 Å². The van der Waals surface area contributed by atoms with E-state index in [-0.39, 0.29) is 17.7 Å². The van der Waals surface area contributed by atoms with Gasteiger partial charge in [0.15, 0.2) is 0 Å². The number of nitrogens with one attached hydrogen (secondary N) is 2. The predicted octanol–water partition coefficient (Wildman–Crippen LogP) is 5.30. The molecule has 0 aliphatic carbocycles. The van der Waals surface area contributed by atoms with Crippen LogP contribution in [0.3, 0.4) is 0 Å². The van der Waals surface area contributed by atoms with Crippen LogP contribution in [0.15, 0.2) is 42.5 Å². The Balaban J connectivity index is 2.43. The molecule has 2 aromatic carbocycles. The highest BCUT2D eigenvalue weighted by Crippen LogP contribution is 2.28. The molecule has 0 aliphatic heterocycles. The van der Waals surface area contributed by atoms with E-state index in [9.17, 15) is 14.4 Å². The second-order valence-corrected chi connectivity index (χ2v) is 10.3. The van der Waals surface area contributed by atoms with E-state index < -0.39 is 23.8 Å². The van der Waals surface area contributed by atoms with Gasteiger partial charge >= 0.3 is 6.09 Å². The van der Waals surface area contributed by atoms with Gasteiger partial charge in [-0.3, -0.25) is 9.59 Å². The van der Waals surface area contributed by atoms with Crippen LogP contribution in [0.2, 0.25) is 0 Å². The summed E-state index contributed by atoms with van der Waals surface area (Å²) in [5, 5.41) is 5.73. The normalized spacial score (nSPS) is 13.1. The van der Waals surface area contributed by atoms with Crippen molar-refractivity contribution in [1.82, 2.24) is 10.2 Å². The number of aryl methyl sites for hydroxylation is 3. The molecule has 2 unspecified atom stereocenters. The smallest absolute Gasteiger partial charge is 0.408 e. The average molecular weight is 482 g/mol. The van der Waals surface area contributed by atoms with Crippen LogP contribution in [0.4, 0.5) is 10.5 Å². The molecule has 3 amide bonds. The van der Waals surface area contributed by atoms with E-state index in [1.165, 1.54) is 4.90 Å². The Hall–Kier alpha value is -3.35. The zero-order valence-corrected chi connectivity index (χ0v) is 22.4. The van der Waals surface area contributed by atoms with Crippen molar-refractivity contribution in [2.75, 3.05) is 12.4 Å². The van der Waals surface area contributed by atoms with Crippen LogP contribution in [-0.2, 0) is 14.3 Å². The second-order valence-electron chi connectivity index (χ2n) is 10.3. The van der Waals surface area contributed by atoms with Gasteiger partial charge in [-0.05, 0) is 69.7 Å². The third kappa shape index (κ3) is 7.31. The Morgan fingerprint density at radius 2 is 1.43 bits per heavy atom. The highest BCUT2D eigenvalue weighted by molar-refractivity contribution is 6.00. The minimum atomic E-state index is -0.899. The Kier molecular flexibility index (Phi) is 9.07. The van der Waals surface area contributed by atoms with Crippen LogP contribution >= 0.6 is 0 Å². The van der Waals surface area contributed by atoms with Gasteiger partial charge in [0.25, 0.3) is 5.91 Å². The molecular weight excluding hydrogens is 442 g/mol. The molecule has 7 nitrogen and oxygen atoms in total. The standard InChI is InChI=1S/C28H39N3O4/c1-17(2)22(30-27(34)35-28(6,7)8)26(33)31(9)24(21-16-11-10-13-18(21)3)25(32)29-23-19(4)14-12-15-20(23)5/h10-17,22,24H,1-9H3,(H,29,32)(H,30,34). The van der Waals surface area contributed by atoms with Gasteiger partial charge in [-0.1, -0.05) is 56.3 Å². The molecule has 2 N–H and O–H groups in total. The number of likely N-dealkylation sites (N-methyl/N-ethyl adjacent to an activating group) is 1. The SMILES string of the molecule is Cc1ccccc1C(C(=O)Nc1c(C)cccc1C)N(C)C(=O)C(NC(=O)OC(C)(C)C)C(C)C. The lowest BCUT2D eigenvalue weighted by atomic mass is 9.96. The molecule has 0 saturated heterocycles. The third-order valence-corrected chi connectivity index (χ3v) is 5.80. The quantitative estimate of drug-likeness (QED) is 0.562. The number of carbonyl (C=O) groups excluding carboxylic acids is 3. The third-order valence-electron chi connectivity index (χ3n) is 5.80. The van der Waals surface area contributed by atoms with E-state index in [4.69, 9.17) is 4.74 Å². The predicted molar refractivity (Wildman–Crippen MR) is 139 cm³/mol. The topological polar surface area (TPSA) is 87.7 Å². The Morgan fingerprint density at radius 1 is 0.886 bits per heavy atom. The van der Waals surface area contributed by atoms with Crippen LogP contribution in [0, 0.1) is 26.7 Å². The van der Waals surface area contributed by atoms with E-state index in [0.29, 0.717) is 5.56 Å². The lowest BCUT2D eigenvalue weighted by molar-refractivity contribution is -0.140. The molecular formula is C28H39N3O4. The maximum absolute atomic E-state index is 13.7. The van der Waals surface area contributed by atoms with Crippen molar-refractivity contribution in [3.05, 3.63) is 64.7 Å². The molecule has 2 aromatic rings. The van der Waals surface area contributed by atoms with Crippen LogP contribution in [0.25, 0.3) is 0 Å². The summed E-state index contributed by atoms with van der Waals surface area (Å²) in [6, 6.07) is 11.5. The lowest BCUT2D eigenvalue weighted by Crippen LogP contribution is -2.53. The van der Waals surface area contributed by atoms with Gasteiger partial charge in [0.05, 0.1) is 0 Å². The molecule has 0 fully saturated rings. The van der Waals surface area contributed by atoms with Gasteiger partial charge in [0, 0.05) is 12.7 Å². The van der Waals surface area contributed by atoms with Gasteiger partial charge in [-0.25, -0.2) is 4.79 Å². The number of ether oxygens (including phenoxy) is 1. The molecule has 7 heteroatoms. The number of rotatable bonds is 7. The van der Waals surface area contributed by atoms with E-state index in [2.05, 4.69) is 10.6 Å². The largest absolute Gasteiger partial charge is 0.444 e. The molecule has 0 bridgehead atoms. The van der Waals surface area contributed by atoms with Crippen molar-refractivity contribution in [2.24, 2.45) is 5.92 Å². The summed E-state index contributed by atoms with van der Waals surface area (Å²) in [6.45, 7) is 14.7. The second kappa shape index (κ2) is 11.4. The van der Waals surface area contributed by atoms with Gasteiger partial charge in [0.2, 0.25) is 5.91 Å². The maximum atomic E-state index is 13.7. The first-order valence-corrected chi connectivity index (χ1v) is 11.9. The Morgan fingerprint density at radius 3 is 1.94 bits per heavy atom. The molecule has 2 atom stereocenters. The summed E-state index contributed by atoms with van der Waals surface area (Å²) < 4.78 is 5.37. The fourth-order valence-electron chi connectivity index (χ4n) is 3.92. The summed E-state index contributed by atoms with van der Waals surface area (Å²) in [5.41, 5.74) is 3.49. The first kappa shape index (κ1) is 27.9. The van der Waals surface area contributed by atoms with Crippen LogP contribution in [0.5, 0.6) is 0 Å². The number of hydrogen-bond acceptors (Lipinski definition) is 4. The van der Waals surface area contributed by atoms with Crippen LogP contribution in [0.1, 0.15) is 62.9 Å². The van der Waals surface area contributed by atoms with Gasteiger partial charge in [-0.2, -0.15) is 0 Å². The van der Waals surface area contributed by atoms with E-state index in [1.807, 2.05) is 77.1 Å². The van der Waals surface area contributed by atoms with E-state index in [1.54, 1.807) is 27.8 Å². The first-order valence-electron chi connectivity index (χ1n) is 11.9. The molecule has 190 valence electrons. The minimum absolute atomic E-state index is 0.225. The number of anilines is 1. The van der Waals surface area contributed by atoms with Crippen molar-refractivity contribution in [3.8, 4) is 0 Å². The fourth-order valence-corrected chi connectivity index (χ4v) is 3.92. The monoisotopic (exact) mass is 481 g/mol. The van der Waals surface area contributed by atoms with Gasteiger partial charge < -0.3 is 20.3 Å². The highest BCUT2D eigenvalue weighted by atomic mass is 16.6. The minimum Gasteiger partial charge on any atom is -0.444 e. The van der Waals surface area contributed by atoms with Gasteiger partial charge in [0.1, 0.15) is 17.7 Å². The van der Waals surface area contributed by atoms with Crippen molar-refractivity contribution in [1.29, 1.82) is 0 Å². The first-order chi connectivity index (χ1) is 16.2. The number of para-hydroxylation sites is 1. The molecule has 0 heterocycles. The molecule has 35 heavy (non-hydrogen) atoms. The molecule has 0 radical (unpaired) electrons. The highest BCUT2D eigenvalue weighted by Gasteiger charge is 2.36. The van der Waals surface area contributed by atoms with Crippen LogP contribution < -0.4 is 10.6 Å². The lowest BCUT2D eigenvalue weighted by Gasteiger charge is -2.33. The van der Waals surface area contributed by atoms with Crippen molar-refractivity contribution in [2.45, 2.75) is 73.1 Å².